The van der Waals surface area contributed by atoms with Crippen LogP contribution in [0, 0.1) is 0 Å². The van der Waals surface area contributed by atoms with Gasteiger partial charge in [0.15, 0.2) is 0 Å². The molecule has 0 spiro atoms. The third-order valence-electron chi connectivity index (χ3n) is 0.520. The van der Waals surface area contributed by atoms with Crippen molar-refractivity contribution in [2.75, 3.05) is 12.6 Å². The summed E-state index contributed by atoms with van der Waals surface area (Å²) in [6.07, 6.45) is -0.544. The Labute approximate surface area is 47.7 Å². The fraction of sp³-hybridized carbons (Fsp3) is 1.00. The van der Waals surface area contributed by atoms with Gasteiger partial charge in [-0.05, 0) is 0 Å². The first-order valence-corrected chi connectivity index (χ1v) is 2.60. The lowest BCUT2D eigenvalue weighted by Gasteiger charge is -2.03. The van der Waals surface area contributed by atoms with E-state index in [4.69, 9.17) is 5.73 Å². The van der Waals surface area contributed by atoms with Crippen molar-refractivity contribution in [3.8, 4) is 0 Å². The summed E-state index contributed by atoms with van der Waals surface area (Å²) in [7, 11) is 0. The lowest BCUT2D eigenvalue weighted by Crippen LogP contribution is -2.38. The van der Waals surface area contributed by atoms with Gasteiger partial charge < -0.3 is 5.73 Å². The van der Waals surface area contributed by atoms with E-state index in [0.717, 1.165) is 0 Å². The SMILES string of the molecule is NC(CF)NCS. The minimum Gasteiger partial charge on any atom is -0.314 e. The molecule has 0 fully saturated rings. The van der Waals surface area contributed by atoms with Gasteiger partial charge in [-0.3, -0.25) is 5.32 Å². The molecule has 0 bridgehead atoms. The Morgan fingerprint density at radius 2 is 2.43 bits per heavy atom. The maximum Gasteiger partial charge on any atom is 0.118 e. The van der Waals surface area contributed by atoms with Crippen LogP contribution >= 0.6 is 12.6 Å². The number of halogens is 1. The molecule has 44 valence electrons. The molecule has 2 nitrogen and oxygen atoms in total. The van der Waals surface area contributed by atoms with Crippen LogP contribution in [0.15, 0.2) is 0 Å². The third-order valence-corrected chi connectivity index (χ3v) is 0.702. The maximum atomic E-state index is 11.4. The fourth-order valence-corrected chi connectivity index (χ4v) is 0.406. The Morgan fingerprint density at radius 3 is 2.57 bits per heavy atom. The molecule has 1 atom stereocenters. The molecule has 3 N–H and O–H groups in total. The molecule has 0 amide bonds. The van der Waals surface area contributed by atoms with Crippen LogP contribution in [-0.4, -0.2) is 18.7 Å². The summed E-state index contributed by atoms with van der Waals surface area (Å²) in [6.45, 7) is -0.541. The zero-order chi connectivity index (χ0) is 5.70. The number of thiol groups is 1. The summed E-state index contributed by atoms with van der Waals surface area (Å²) in [4.78, 5) is 0. The Balaban J connectivity index is 2.83. The summed E-state index contributed by atoms with van der Waals surface area (Å²) in [6, 6.07) is 0. The van der Waals surface area contributed by atoms with Gasteiger partial charge in [0.05, 0.1) is 6.17 Å². The second-order valence-corrected chi connectivity index (χ2v) is 1.44. The van der Waals surface area contributed by atoms with Crippen molar-refractivity contribution in [1.29, 1.82) is 0 Å². The largest absolute Gasteiger partial charge is 0.314 e. The number of nitrogens with two attached hydrogens (primary N) is 1. The van der Waals surface area contributed by atoms with E-state index < -0.39 is 12.8 Å². The van der Waals surface area contributed by atoms with E-state index in [2.05, 4.69) is 17.9 Å². The van der Waals surface area contributed by atoms with Crippen LogP contribution in [0.3, 0.4) is 0 Å². The average molecular weight is 124 g/mol. The van der Waals surface area contributed by atoms with Gasteiger partial charge in [-0.15, -0.1) is 0 Å². The summed E-state index contributed by atoms with van der Waals surface area (Å²) in [5.41, 5.74) is 5.05. The molecular weight excluding hydrogens is 115 g/mol. The van der Waals surface area contributed by atoms with E-state index >= 15 is 0 Å². The lowest BCUT2D eigenvalue weighted by atomic mass is 10.6. The van der Waals surface area contributed by atoms with Gasteiger partial charge >= 0.3 is 0 Å². The molecule has 7 heavy (non-hydrogen) atoms. The molecule has 0 aromatic carbocycles. The minimum absolute atomic E-state index is 0.422. The Hall–Kier alpha value is 0.200. The molecule has 0 rings (SSSR count). The highest BCUT2D eigenvalue weighted by molar-refractivity contribution is 7.80. The standard InChI is InChI=1S/C3H9FN2S/c4-1-3(5)6-2-7/h3,6-7H,1-2,5H2. The van der Waals surface area contributed by atoms with Crippen LogP contribution in [0.5, 0.6) is 0 Å². The van der Waals surface area contributed by atoms with E-state index in [1.165, 1.54) is 0 Å². The smallest absolute Gasteiger partial charge is 0.118 e. The van der Waals surface area contributed by atoms with Crippen LogP contribution in [-0.2, 0) is 0 Å². The zero-order valence-electron chi connectivity index (χ0n) is 3.89. The van der Waals surface area contributed by atoms with Gasteiger partial charge in [-0.2, -0.15) is 12.6 Å². The van der Waals surface area contributed by atoms with Crippen LogP contribution in [0.2, 0.25) is 0 Å². The van der Waals surface area contributed by atoms with Gasteiger partial charge in [0, 0.05) is 5.88 Å². The Morgan fingerprint density at radius 1 is 1.86 bits per heavy atom. The summed E-state index contributed by atoms with van der Waals surface area (Å²) < 4.78 is 11.4. The van der Waals surface area contributed by atoms with Gasteiger partial charge in [0.25, 0.3) is 0 Å². The topological polar surface area (TPSA) is 38.0 Å². The average Bonchev–Trinajstić information content (AvgIpc) is 1.68. The first kappa shape index (κ1) is 7.20. The molecule has 0 aliphatic rings. The summed E-state index contributed by atoms with van der Waals surface area (Å²) >= 11 is 3.76. The molecule has 4 heteroatoms. The normalized spacial score (nSPS) is 14.1. The molecule has 0 heterocycles. The van der Waals surface area contributed by atoms with Crippen LogP contribution in [0.25, 0.3) is 0 Å². The predicted molar refractivity (Wildman–Crippen MR) is 30.9 cm³/mol. The van der Waals surface area contributed by atoms with Crippen molar-refractivity contribution in [3.05, 3.63) is 0 Å². The first-order valence-electron chi connectivity index (χ1n) is 1.97. The number of hydrogen-bond donors (Lipinski definition) is 3. The molecule has 0 radical (unpaired) electrons. The van der Waals surface area contributed by atoms with Crippen LogP contribution < -0.4 is 11.1 Å². The third kappa shape index (κ3) is 4.04. The van der Waals surface area contributed by atoms with Crippen LogP contribution in [0.4, 0.5) is 4.39 Å². The second kappa shape index (κ2) is 4.36. The van der Waals surface area contributed by atoms with Gasteiger partial charge in [0.2, 0.25) is 0 Å². The molecule has 0 aromatic heterocycles. The van der Waals surface area contributed by atoms with Gasteiger partial charge in [-0.25, -0.2) is 4.39 Å². The molecule has 0 aliphatic heterocycles. The molecule has 0 saturated heterocycles. The van der Waals surface area contributed by atoms with Gasteiger partial charge in [0.1, 0.15) is 6.67 Å². The highest BCUT2D eigenvalue weighted by Crippen LogP contribution is 1.73. The Kier molecular flexibility index (Phi) is 4.49. The number of hydrogen-bond acceptors (Lipinski definition) is 3. The second-order valence-electron chi connectivity index (χ2n) is 1.12. The predicted octanol–water partition coefficient (Wildman–Crippen LogP) is -0.282. The highest BCUT2D eigenvalue weighted by Gasteiger charge is 1.93. The van der Waals surface area contributed by atoms with Crippen molar-refractivity contribution in [2.45, 2.75) is 6.17 Å². The van der Waals surface area contributed by atoms with Crippen molar-refractivity contribution >= 4 is 12.6 Å². The van der Waals surface area contributed by atoms with Crippen molar-refractivity contribution in [3.63, 3.8) is 0 Å². The molecule has 0 saturated carbocycles. The number of rotatable bonds is 3. The molecule has 1 unspecified atom stereocenters. The summed E-state index contributed by atoms with van der Waals surface area (Å²) in [5, 5.41) is 2.56. The van der Waals surface area contributed by atoms with E-state index in [0.29, 0.717) is 5.88 Å². The van der Waals surface area contributed by atoms with Crippen molar-refractivity contribution in [1.82, 2.24) is 5.32 Å². The lowest BCUT2D eigenvalue weighted by molar-refractivity contribution is 0.396. The monoisotopic (exact) mass is 124 g/mol. The van der Waals surface area contributed by atoms with Crippen LogP contribution in [0.1, 0.15) is 0 Å². The quantitative estimate of drug-likeness (QED) is 0.357. The molecule has 0 aliphatic carbocycles. The maximum absolute atomic E-state index is 11.4. The van der Waals surface area contributed by atoms with E-state index in [-0.39, 0.29) is 0 Å². The molecule has 0 aromatic rings. The van der Waals surface area contributed by atoms with E-state index in [9.17, 15) is 4.39 Å². The zero-order valence-corrected chi connectivity index (χ0v) is 4.79. The van der Waals surface area contributed by atoms with E-state index in [1.807, 2.05) is 0 Å². The van der Waals surface area contributed by atoms with Gasteiger partial charge in [-0.1, -0.05) is 0 Å². The number of nitrogens with one attached hydrogen (secondary N) is 1. The fourth-order valence-electron chi connectivity index (χ4n) is 0.172. The molecular formula is C3H9FN2S. The first-order chi connectivity index (χ1) is 3.31. The highest BCUT2D eigenvalue weighted by atomic mass is 32.1. The van der Waals surface area contributed by atoms with Crippen molar-refractivity contribution in [2.24, 2.45) is 5.73 Å². The Bertz CT molecular complexity index is 43.9. The summed E-state index contributed by atoms with van der Waals surface area (Å²) in [5.74, 6) is 0.422. The van der Waals surface area contributed by atoms with E-state index in [1.54, 1.807) is 0 Å². The number of alkyl halides is 1. The van der Waals surface area contributed by atoms with Crippen molar-refractivity contribution < 1.29 is 4.39 Å². The minimum atomic E-state index is -0.544.